The number of quaternary nitrogens is 1. The first-order chi connectivity index (χ1) is 26.1. The molecule has 8 nitrogen and oxygen atoms in total. The molecule has 0 heterocycles. The second-order valence-corrected chi connectivity index (χ2v) is 15.3. The van der Waals surface area contributed by atoms with E-state index >= 15 is 0 Å². The molecule has 0 aliphatic carbocycles. The number of hydrogen-bond donors (Lipinski definition) is 0. The van der Waals surface area contributed by atoms with Gasteiger partial charge in [0.1, 0.15) is 12.6 Å². The molecule has 0 aliphatic heterocycles. The number of ether oxygens (including phenoxy) is 3. The lowest BCUT2D eigenvalue weighted by Crippen LogP contribution is -2.55. The van der Waals surface area contributed by atoms with Crippen molar-refractivity contribution in [1.82, 2.24) is 0 Å². The number of hydrogen-bond acceptors (Lipinski definition) is 7. The number of nitrogens with zero attached hydrogens (tertiary/aromatic N) is 1. The number of carbonyl (C=O) groups excluding carboxylic acids is 3. The summed E-state index contributed by atoms with van der Waals surface area (Å²) in [6.07, 6.45) is 43.8. The zero-order valence-corrected chi connectivity index (χ0v) is 35.1. The number of esters is 2. The Morgan fingerprint density at radius 3 is 1.54 bits per heavy atom. The van der Waals surface area contributed by atoms with Crippen LogP contribution < -0.4 is 5.11 Å². The van der Waals surface area contributed by atoms with E-state index in [1.165, 1.54) is 77.0 Å². The van der Waals surface area contributed by atoms with Gasteiger partial charge in [-0.25, -0.2) is 0 Å². The van der Waals surface area contributed by atoms with Crippen LogP contribution >= 0.6 is 0 Å². The minimum absolute atomic E-state index is 0.0224. The predicted octanol–water partition coefficient (Wildman–Crippen LogP) is 10.1. The zero-order chi connectivity index (χ0) is 40.0. The van der Waals surface area contributed by atoms with Gasteiger partial charge in [0.2, 0.25) is 0 Å². The molecule has 0 saturated carbocycles. The van der Waals surface area contributed by atoms with Crippen LogP contribution in [0.5, 0.6) is 0 Å². The first-order valence-electron chi connectivity index (χ1n) is 21.4. The number of carboxylic acid groups (broad SMARTS) is 1. The highest BCUT2D eigenvalue weighted by atomic mass is 16.6. The van der Waals surface area contributed by atoms with Crippen molar-refractivity contribution in [2.45, 2.75) is 174 Å². The van der Waals surface area contributed by atoms with Gasteiger partial charge in [-0.1, -0.05) is 171 Å². The molecule has 0 aromatic carbocycles. The first kappa shape index (κ1) is 51.0. The summed E-state index contributed by atoms with van der Waals surface area (Å²) in [5.74, 6) is -1.79. The van der Waals surface area contributed by atoms with Gasteiger partial charge in [-0.05, 0) is 32.1 Å². The molecule has 2 unspecified atom stereocenters. The lowest BCUT2D eigenvalue weighted by atomic mass is 10.0. The quantitative estimate of drug-likeness (QED) is 0.0269. The molecule has 0 amide bonds. The van der Waals surface area contributed by atoms with Gasteiger partial charge in [0, 0.05) is 19.3 Å². The van der Waals surface area contributed by atoms with Crippen LogP contribution in [0.25, 0.3) is 0 Å². The highest BCUT2D eigenvalue weighted by Gasteiger charge is 2.25. The minimum atomic E-state index is -1.13. The van der Waals surface area contributed by atoms with Gasteiger partial charge in [-0.15, -0.1) is 0 Å². The van der Waals surface area contributed by atoms with Crippen LogP contribution in [0, 0.1) is 0 Å². The molecule has 0 aromatic heterocycles. The summed E-state index contributed by atoms with van der Waals surface area (Å²) in [5, 5.41) is 11.6. The normalized spacial score (nSPS) is 13.6. The Morgan fingerprint density at radius 2 is 1.04 bits per heavy atom. The third kappa shape index (κ3) is 34.8. The van der Waals surface area contributed by atoms with Crippen LogP contribution in [0.4, 0.5) is 0 Å². The Morgan fingerprint density at radius 1 is 0.574 bits per heavy atom. The maximum absolute atomic E-state index is 12.7. The Labute approximate surface area is 330 Å². The van der Waals surface area contributed by atoms with Crippen LogP contribution in [-0.2, 0) is 28.6 Å². The highest BCUT2D eigenvalue weighted by molar-refractivity contribution is 5.70. The molecule has 0 spiro atoms. The van der Waals surface area contributed by atoms with Crippen LogP contribution in [-0.4, -0.2) is 75.5 Å². The Hall–Kier alpha value is -2.97. The van der Waals surface area contributed by atoms with Crippen molar-refractivity contribution >= 4 is 17.9 Å². The van der Waals surface area contributed by atoms with Crippen molar-refractivity contribution in [3.63, 3.8) is 0 Å². The summed E-state index contributed by atoms with van der Waals surface area (Å²) in [4.78, 5) is 36.8. The number of aliphatic carboxylic acids is 1. The van der Waals surface area contributed by atoms with Crippen molar-refractivity contribution in [1.29, 1.82) is 0 Å². The van der Waals surface area contributed by atoms with Gasteiger partial charge in [0.25, 0.3) is 0 Å². The van der Waals surface area contributed by atoms with E-state index < -0.39 is 18.1 Å². The summed E-state index contributed by atoms with van der Waals surface area (Å²) in [5.41, 5.74) is 0. The maximum atomic E-state index is 12.7. The fraction of sp³-hybridized carbons (Fsp3) is 0.717. The summed E-state index contributed by atoms with van der Waals surface area (Å²) < 4.78 is 17.1. The average Bonchev–Trinajstić information content (AvgIpc) is 3.12. The highest BCUT2D eigenvalue weighted by Crippen LogP contribution is 2.15. The second-order valence-electron chi connectivity index (χ2n) is 15.3. The number of carbonyl (C=O) groups is 3. The minimum Gasteiger partial charge on any atom is -0.544 e. The number of rotatable bonds is 37. The van der Waals surface area contributed by atoms with E-state index in [0.29, 0.717) is 12.8 Å². The van der Waals surface area contributed by atoms with E-state index in [1.54, 1.807) is 21.1 Å². The number of carboxylic acids is 1. The molecule has 0 radical (unpaired) electrons. The van der Waals surface area contributed by atoms with Gasteiger partial charge in [-0.2, -0.15) is 0 Å². The Balaban J connectivity index is 4.44. The topological polar surface area (TPSA) is 102 Å². The van der Waals surface area contributed by atoms with Gasteiger partial charge in [-0.3, -0.25) is 9.59 Å². The molecular weight excluding hydrogens is 679 g/mol. The molecule has 0 aliphatic rings. The molecule has 0 saturated heterocycles. The molecule has 54 heavy (non-hydrogen) atoms. The van der Waals surface area contributed by atoms with Crippen LogP contribution in [0.15, 0.2) is 60.8 Å². The second kappa shape index (κ2) is 37.0. The van der Waals surface area contributed by atoms with Gasteiger partial charge in [0.05, 0.1) is 40.3 Å². The van der Waals surface area contributed by atoms with E-state index in [9.17, 15) is 19.5 Å². The summed E-state index contributed by atoms with van der Waals surface area (Å²) in [6, 6.07) is -0.734. The lowest BCUT2D eigenvalue weighted by molar-refractivity contribution is -0.889. The van der Waals surface area contributed by atoms with Crippen LogP contribution in [0.1, 0.15) is 162 Å². The molecule has 0 bridgehead atoms. The summed E-state index contributed by atoms with van der Waals surface area (Å²) >= 11 is 0. The first-order valence-corrected chi connectivity index (χ1v) is 21.4. The van der Waals surface area contributed by atoms with Crippen molar-refractivity contribution in [2.24, 2.45) is 0 Å². The molecule has 8 heteroatoms. The van der Waals surface area contributed by atoms with Crippen LogP contribution in [0.2, 0.25) is 0 Å². The third-order valence-electron chi connectivity index (χ3n) is 9.30. The van der Waals surface area contributed by atoms with Gasteiger partial charge < -0.3 is 28.6 Å². The zero-order valence-electron chi connectivity index (χ0n) is 35.1. The molecule has 0 aromatic rings. The monoisotopic (exact) mass is 758 g/mol. The molecule has 0 rings (SSSR count). The molecule has 0 N–H and O–H groups in total. The van der Waals surface area contributed by atoms with Crippen molar-refractivity contribution in [3.05, 3.63) is 60.8 Å². The maximum Gasteiger partial charge on any atom is 0.306 e. The molecule has 2 atom stereocenters. The van der Waals surface area contributed by atoms with Crippen molar-refractivity contribution < 1.29 is 38.2 Å². The molecule has 0 fully saturated rings. The number of likely N-dealkylation sites (N-methyl/N-ethyl adjacent to an activating group) is 1. The van der Waals surface area contributed by atoms with Gasteiger partial charge >= 0.3 is 11.9 Å². The number of unbranched alkanes of at least 4 members (excludes halogenated alkanes) is 17. The van der Waals surface area contributed by atoms with Crippen molar-refractivity contribution in [2.75, 3.05) is 41.0 Å². The lowest BCUT2D eigenvalue weighted by Gasteiger charge is -2.34. The molecular formula is C46H79NO7. The Kier molecular flexibility index (Phi) is 34.9. The summed E-state index contributed by atoms with van der Waals surface area (Å²) in [6.45, 7) is 4.47. The smallest absolute Gasteiger partial charge is 0.306 e. The standard InChI is InChI=1S/C46H79NO7/c1-6-8-10-12-14-16-18-20-22-24-26-28-30-32-34-36-44(48)53-41-42(40-52-39-38-43(46(50)51)47(3,4)5)54-45(49)37-35-33-31-29-27-25-23-21-19-17-15-13-11-9-7-2/h9,11,13,15,17,19,21,23,25,27,42-43H,6-8,10,12,14,16,18,20,22,24,26,28-41H2,1-5H3/b11-9+,15-13+,19-17+,23-21+,27-25+. The Bertz CT molecular complexity index is 1070. The molecule has 310 valence electrons. The van der Waals surface area contributed by atoms with E-state index in [2.05, 4.69) is 26.0 Å². The fourth-order valence-electron chi connectivity index (χ4n) is 5.97. The van der Waals surface area contributed by atoms with Gasteiger partial charge in [0.15, 0.2) is 6.10 Å². The predicted molar refractivity (Wildman–Crippen MR) is 222 cm³/mol. The third-order valence-corrected chi connectivity index (χ3v) is 9.30. The average molecular weight is 758 g/mol. The van der Waals surface area contributed by atoms with Crippen molar-refractivity contribution in [3.8, 4) is 0 Å². The summed E-state index contributed by atoms with van der Waals surface area (Å²) in [7, 11) is 5.38. The van der Waals surface area contributed by atoms with E-state index in [0.717, 1.165) is 44.9 Å². The van der Waals surface area contributed by atoms with E-state index in [1.807, 2.05) is 48.6 Å². The van der Waals surface area contributed by atoms with E-state index in [4.69, 9.17) is 14.2 Å². The van der Waals surface area contributed by atoms with Crippen LogP contribution in [0.3, 0.4) is 0 Å². The fourth-order valence-corrected chi connectivity index (χ4v) is 5.97. The van der Waals surface area contributed by atoms with E-state index in [-0.39, 0.29) is 49.1 Å². The largest absolute Gasteiger partial charge is 0.544 e. The number of allylic oxidation sites excluding steroid dienone is 10. The SMILES string of the molecule is CC/C=C/C=C/C=C/C=C/C=C/CCCCCC(=O)OC(COCCC(C(=O)[O-])[N+](C)(C)C)COC(=O)CCCCCCCCCCCCCCCCC.